The van der Waals surface area contributed by atoms with Crippen molar-refractivity contribution in [2.75, 3.05) is 19.8 Å². The molecule has 0 aliphatic rings. The third-order valence-corrected chi connectivity index (χ3v) is 3.46. The molecule has 0 fully saturated rings. The first-order chi connectivity index (χ1) is 9.83. The van der Waals surface area contributed by atoms with Gasteiger partial charge in [0.05, 0.1) is 0 Å². The van der Waals surface area contributed by atoms with Crippen LogP contribution in [0.3, 0.4) is 0 Å². The van der Waals surface area contributed by atoms with Crippen LogP contribution in [0.1, 0.15) is 36.9 Å². The highest BCUT2D eigenvalue weighted by Gasteiger charge is 2.27. The maximum Gasteiger partial charge on any atom is 0.411 e. The average Bonchev–Trinajstić information content (AvgIpc) is 2.40. The van der Waals surface area contributed by atoms with Crippen LogP contribution in [0.25, 0.3) is 0 Å². The van der Waals surface area contributed by atoms with Crippen molar-refractivity contribution in [2.24, 2.45) is 0 Å². The zero-order chi connectivity index (χ0) is 15.9. The van der Waals surface area contributed by atoms with Crippen LogP contribution in [0.5, 0.6) is 0 Å². The Morgan fingerprint density at radius 1 is 1.33 bits per heavy atom. The first-order valence-corrected chi connectivity index (χ1v) is 7.35. The Balaban J connectivity index is 2.60. The summed E-state index contributed by atoms with van der Waals surface area (Å²) in [4.78, 5) is 0. The lowest BCUT2D eigenvalue weighted by molar-refractivity contribution is -0.174. The van der Waals surface area contributed by atoms with E-state index in [9.17, 15) is 13.2 Å². The maximum atomic E-state index is 12.0. The van der Waals surface area contributed by atoms with Crippen molar-refractivity contribution in [2.45, 2.75) is 38.9 Å². The molecule has 0 saturated heterocycles. The molecule has 1 rings (SSSR count). The van der Waals surface area contributed by atoms with E-state index in [4.69, 9.17) is 11.6 Å². The first-order valence-electron chi connectivity index (χ1n) is 6.97. The van der Waals surface area contributed by atoms with Crippen LogP contribution in [0, 0.1) is 6.92 Å². The molecule has 2 nitrogen and oxygen atoms in total. The van der Waals surface area contributed by atoms with Crippen molar-refractivity contribution in [1.82, 2.24) is 5.32 Å². The molecule has 0 spiro atoms. The maximum absolute atomic E-state index is 12.0. The van der Waals surface area contributed by atoms with Crippen molar-refractivity contribution < 1.29 is 17.9 Å². The molecule has 0 amide bonds. The fourth-order valence-electron chi connectivity index (χ4n) is 1.92. The molecule has 0 heterocycles. The molecule has 0 saturated carbocycles. The van der Waals surface area contributed by atoms with Gasteiger partial charge in [0.25, 0.3) is 0 Å². The summed E-state index contributed by atoms with van der Waals surface area (Å²) in [5.74, 6) is 0. The van der Waals surface area contributed by atoms with E-state index in [2.05, 4.69) is 10.1 Å². The molecule has 1 N–H and O–H groups in total. The molecule has 6 heteroatoms. The van der Waals surface area contributed by atoms with Gasteiger partial charge in [0.15, 0.2) is 0 Å². The summed E-state index contributed by atoms with van der Waals surface area (Å²) >= 11 is 6.11. The number of benzene rings is 1. The van der Waals surface area contributed by atoms with Crippen molar-refractivity contribution in [3.63, 3.8) is 0 Å². The molecule has 0 aliphatic carbocycles. The molecule has 1 atom stereocenters. The third-order valence-electron chi connectivity index (χ3n) is 3.06. The number of halogens is 4. The summed E-state index contributed by atoms with van der Waals surface area (Å²) in [5.41, 5.74) is 1.94. The van der Waals surface area contributed by atoms with Crippen LogP contribution < -0.4 is 5.32 Å². The number of rotatable bonds is 8. The van der Waals surface area contributed by atoms with Crippen LogP contribution >= 0.6 is 11.6 Å². The van der Waals surface area contributed by atoms with E-state index in [0.717, 1.165) is 24.1 Å². The van der Waals surface area contributed by atoms with Crippen molar-refractivity contribution in [3.8, 4) is 0 Å². The zero-order valence-electron chi connectivity index (χ0n) is 12.3. The Kier molecular flexibility index (Phi) is 7.49. The highest BCUT2D eigenvalue weighted by Crippen LogP contribution is 2.24. The van der Waals surface area contributed by atoms with Crippen LogP contribution in [0.2, 0.25) is 5.02 Å². The van der Waals surface area contributed by atoms with E-state index < -0.39 is 12.8 Å². The SMILES string of the molecule is CCCNC(CCOCC(F)(F)F)c1ccc(C)c(Cl)c1. The molecule has 1 unspecified atom stereocenters. The predicted molar refractivity (Wildman–Crippen MR) is 78.7 cm³/mol. The van der Waals surface area contributed by atoms with Crippen molar-refractivity contribution in [1.29, 1.82) is 0 Å². The number of hydrogen-bond acceptors (Lipinski definition) is 2. The van der Waals surface area contributed by atoms with Gasteiger partial charge in [-0.25, -0.2) is 0 Å². The molecule has 120 valence electrons. The largest absolute Gasteiger partial charge is 0.411 e. The van der Waals surface area contributed by atoms with E-state index in [1.54, 1.807) is 0 Å². The fraction of sp³-hybridized carbons (Fsp3) is 0.600. The van der Waals surface area contributed by atoms with E-state index in [0.29, 0.717) is 11.4 Å². The summed E-state index contributed by atoms with van der Waals surface area (Å²) in [7, 11) is 0. The Labute approximate surface area is 128 Å². The molecule has 0 aromatic heterocycles. The smallest absolute Gasteiger partial charge is 0.372 e. The highest BCUT2D eigenvalue weighted by atomic mass is 35.5. The second-order valence-corrected chi connectivity index (χ2v) is 5.38. The van der Waals surface area contributed by atoms with Gasteiger partial charge < -0.3 is 10.1 Å². The minimum absolute atomic E-state index is 0.0480. The van der Waals surface area contributed by atoms with Gasteiger partial charge in [0.1, 0.15) is 6.61 Å². The molecule has 21 heavy (non-hydrogen) atoms. The van der Waals surface area contributed by atoms with Gasteiger partial charge in [-0.1, -0.05) is 30.7 Å². The number of nitrogens with one attached hydrogen (secondary N) is 1. The molecular formula is C15H21ClF3NO. The lowest BCUT2D eigenvalue weighted by atomic mass is 10.0. The van der Waals surface area contributed by atoms with Gasteiger partial charge in [-0.15, -0.1) is 0 Å². The molecule has 0 radical (unpaired) electrons. The summed E-state index contributed by atoms with van der Waals surface area (Å²) in [5, 5.41) is 3.97. The Morgan fingerprint density at radius 3 is 2.62 bits per heavy atom. The van der Waals surface area contributed by atoms with E-state index >= 15 is 0 Å². The molecular weight excluding hydrogens is 303 g/mol. The Bertz CT molecular complexity index is 437. The Morgan fingerprint density at radius 2 is 2.05 bits per heavy atom. The molecule has 1 aromatic carbocycles. The van der Waals surface area contributed by atoms with Gasteiger partial charge in [0.2, 0.25) is 0 Å². The van der Waals surface area contributed by atoms with Gasteiger partial charge >= 0.3 is 6.18 Å². The van der Waals surface area contributed by atoms with Crippen molar-refractivity contribution >= 4 is 11.6 Å². The monoisotopic (exact) mass is 323 g/mol. The second kappa shape index (κ2) is 8.61. The summed E-state index contributed by atoms with van der Waals surface area (Å²) in [6, 6.07) is 5.65. The van der Waals surface area contributed by atoms with E-state index in [1.165, 1.54) is 0 Å². The normalized spacial score (nSPS) is 13.4. The van der Waals surface area contributed by atoms with Gasteiger partial charge in [-0.05, 0) is 43.5 Å². The van der Waals surface area contributed by atoms with Crippen LogP contribution in [-0.2, 0) is 4.74 Å². The zero-order valence-corrected chi connectivity index (χ0v) is 13.0. The topological polar surface area (TPSA) is 21.3 Å². The number of hydrogen-bond donors (Lipinski definition) is 1. The lowest BCUT2D eigenvalue weighted by Gasteiger charge is -2.20. The van der Waals surface area contributed by atoms with Crippen molar-refractivity contribution in [3.05, 3.63) is 34.3 Å². The predicted octanol–water partition coefficient (Wildman–Crippen LogP) is 4.66. The van der Waals surface area contributed by atoms with Gasteiger partial charge in [-0.3, -0.25) is 0 Å². The lowest BCUT2D eigenvalue weighted by Crippen LogP contribution is -2.25. The fourth-order valence-corrected chi connectivity index (χ4v) is 2.11. The minimum Gasteiger partial charge on any atom is -0.372 e. The van der Waals surface area contributed by atoms with Gasteiger partial charge in [0, 0.05) is 17.7 Å². The highest BCUT2D eigenvalue weighted by molar-refractivity contribution is 6.31. The quantitative estimate of drug-likeness (QED) is 0.703. The van der Waals surface area contributed by atoms with E-state index in [1.807, 2.05) is 32.0 Å². The first kappa shape index (κ1) is 18.3. The molecule has 0 bridgehead atoms. The van der Waals surface area contributed by atoms with Crippen LogP contribution in [0.15, 0.2) is 18.2 Å². The molecule has 0 aliphatic heterocycles. The second-order valence-electron chi connectivity index (χ2n) is 4.97. The van der Waals surface area contributed by atoms with Crippen LogP contribution in [-0.4, -0.2) is 25.9 Å². The number of ether oxygens (including phenoxy) is 1. The third kappa shape index (κ3) is 7.16. The summed E-state index contributed by atoms with van der Waals surface area (Å²) in [6.07, 6.45) is -2.87. The van der Waals surface area contributed by atoms with E-state index in [-0.39, 0.29) is 12.6 Å². The molecule has 1 aromatic rings. The number of alkyl halides is 3. The van der Waals surface area contributed by atoms with Gasteiger partial charge in [-0.2, -0.15) is 13.2 Å². The minimum atomic E-state index is -4.28. The summed E-state index contributed by atoms with van der Waals surface area (Å²) in [6.45, 7) is 3.57. The Hall–Kier alpha value is -0.780. The standard InChI is InChI=1S/C15H21ClF3NO/c1-3-7-20-14(6-8-21-10-15(17,18)19)12-5-4-11(2)13(16)9-12/h4-5,9,14,20H,3,6-8,10H2,1-2H3. The number of aryl methyl sites for hydroxylation is 1. The average molecular weight is 324 g/mol. The van der Waals surface area contributed by atoms with Crippen LogP contribution in [0.4, 0.5) is 13.2 Å². The summed E-state index contributed by atoms with van der Waals surface area (Å²) < 4.78 is 40.8.